The van der Waals surface area contributed by atoms with Crippen molar-refractivity contribution in [2.24, 2.45) is 0 Å². The fraction of sp³-hybridized carbons (Fsp3) is 0. The van der Waals surface area contributed by atoms with Crippen LogP contribution in [0.4, 0.5) is 5.82 Å². The Kier molecular flexibility index (Phi) is 4.47. The number of aromatic nitrogens is 1. The van der Waals surface area contributed by atoms with Gasteiger partial charge in [0.25, 0.3) is 5.09 Å². The van der Waals surface area contributed by atoms with E-state index in [-0.39, 0.29) is 0 Å². The van der Waals surface area contributed by atoms with E-state index >= 15 is 0 Å². The average molecular weight is 192 g/mol. The van der Waals surface area contributed by atoms with Gasteiger partial charge in [0.2, 0.25) is 0 Å². The van der Waals surface area contributed by atoms with Gasteiger partial charge in [0.05, 0.1) is 5.02 Å². The summed E-state index contributed by atoms with van der Waals surface area (Å²) in [6.45, 7) is 0. The van der Waals surface area contributed by atoms with Crippen LogP contribution in [-0.4, -0.2) is 15.3 Å². The number of anilines is 1. The summed E-state index contributed by atoms with van der Waals surface area (Å²) < 4.78 is 0. The van der Waals surface area contributed by atoms with Gasteiger partial charge in [-0.1, -0.05) is 11.6 Å². The SMILES string of the molecule is Nc1ccc(Cl)cn1.O=[N+]([O-])O. The molecule has 0 aliphatic carbocycles. The fourth-order valence-electron chi connectivity index (χ4n) is 0.387. The Morgan fingerprint density at radius 2 is 2.17 bits per heavy atom. The van der Waals surface area contributed by atoms with Crippen molar-refractivity contribution in [1.82, 2.24) is 4.98 Å². The number of nitrogens with zero attached hydrogens (tertiary/aromatic N) is 2. The predicted molar refractivity (Wildman–Crippen MR) is 42.4 cm³/mol. The molecule has 0 aliphatic rings. The number of hydrogen-bond acceptors (Lipinski definition) is 4. The zero-order valence-electron chi connectivity index (χ0n) is 5.85. The molecule has 3 N–H and O–H groups in total. The lowest BCUT2D eigenvalue weighted by Crippen LogP contribution is -1.86. The van der Waals surface area contributed by atoms with Crippen LogP contribution in [0.2, 0.25) is 5.02 Å². The van der Waals surface area contributed by atoms with Crippen molar-refractivity contribution < 1.29 is 10.3 Å². The molecule has 66 valence electrons. The molecular weight excluding hydrogens is 186 g/mol. The summed E-state index contributed by atoms with van der Waals surface area (Å²) in [4.78, 5) is 12.1. The monoisotopic (exact) mass is 191 g/mol. The normalized spacial score (nSPS) is 8.08. The molecule has 0 saturated heterocycles. The summed E-state index contributed by atoms with van der Waals surface area (Å²) >= 11 is 5.49. The van der Waals surface area contributed by atoms with E-state index in [2.05, 4.69) is 4.98 Å². The first-order valence-electron chi connectivity index (χ1n) is 2.72. The van der Waals surface area contributed by atoms with Gasteiger partial charge in [-0.25, -0.2) is 4.98 Å². The lowest BCUT2D eigenvalue weighted by atomic mass is 10.5. The topological polar surface area (TPSA) is 102 Å². The fourth-order valence-corrected chi connectivity index (χ4v) is 0.499. The van der Waals surface area contributed by atoms with Crippen LogP contribution in [0.15, 0.2) is 18.3 Å². The first-order chi connectivity index (χ1) is 5.52. The Morgan fingerprint density at radius 3 is 2.42 bits per heavy atom. The van der Waals surface area contributed by atoms with E-state index in [0.717, 1.165) is 0 Å². The van der Waals surface area contributed by atoms with Crippen molar-refractivity contribution >= 4 is 17.4 Å². The third kappa shape index (κ3) is 6.56. The number of pyridine rings is 1. The number of nitrogens with two attached hydrogens (primary N) is 1. The average Bonchev–Trinajstić information content (AvgIpc) is 1.94. The Balaban J connectivity index is 0.000000261. The molecular formula is C5H6ClN3O3. The van der Waals surface area contributed by atoms with Crippen molar-refractivity contribution in [1.29, 1.82) is 0 Å². The second kappa shape index (κ2) is 5.14. The molecule has 0 bridgehead atoms. The van der Waals surface area contributed by atoms with E-state index in [1.54, 1.807) is 12.1 Å². The quantitative estimate of drug-likeness (QED) is 0.470. The molecule has 6 nitrogen and oxygen atoms in total. The predicted octanol–water partition coefficient (Wildman–Crippen LogP) is 0.970. The first kappa shape index (κ1) is 10.4. The maximum atomic E-state index is 8.36. The van der Waals surface area contributed by atoms with Gasteiger partial charge in [-0.15, -0.1) is 10.1 Å². The maximum absolute atomic E-state index is 8.36. The van der Waals surface area contributed by atoms with Crippen LogP contribution < -0.4 is 5.73 Å². The van der Waals surface area contributed by atoms with E-state index in [1.165, 1.54) is 6.20 Å². The zero-order valence-corrected chi connectivity index (χ0v) is 6.60. The third-order valence-corrected chi connectivity index (χ3v) is 0.974. The molecule has 0 aromatic carbocycles. The van der Waals surface area contributed by atoms with Crippen molar-refractivity contribution in [2.75, 3.05) is 5.73 Å². The Hall–Kier alpha value is -1.56. The number of nitrogen functional groups attached to an aromatic ring is 1. The molecule has 0 saturated carbocycles. The molecule has 12 heavy (non-hydrogen) atoms. The molecule has 0 amide bonds. The van der Waals surface area contributed by atoms with Gasteiger partial charge in [0, 0.05) is 6.20 Å². The highest BCUT2D eigenvalue weighted by molar-refractivity contribution is 6.30. The maximum Gasteiger partial charge on any atom is 0.291 e. The molecule has 1 aromatic heterocycles. The van der Waals surface area contributed by atoms with Crippen LogP contribution >= 0.6 is 11.6 Å². The largest absolute Gasteiger partial charge is 0.384 e. The summed E-state index contributed by atoms with van der Waals surface area (Å²) in [5, 5.41) is 14.2. The van der Waals surface area contributed by atoms with E-state index in [4.69, 9.17) is 32.7 Å². The standard InChI is InChI=1S/C5H5ClN2.HNO3/c6-4-1-2-5(7)8-3-4;2-1(3)4/h1-3H,(H2,7,8);(H,2,3,4). The van der Waals surface area contributed by atoms with Crippen molar-refractivity contribution in [3.05, 3.63) is 33.5 Å². The Bertz CT molecular complexity index is 226. The summed E-state index contributed by atoms with van der Waals surface area (Å²) in [7, 11) is 0. The summed E-state index contributed by atoms with van der Waals surface area (Å²) in [5.41, 5.74) is 5.26. The summed E-state index contributed by atoms with van der Waals surface area (Å²) in [6.07, 6.45) is 1.51. The van der Waals surface area contributed by atoms with Gasteiger partial charge in [0.1, 0.15) is 5.82 Å². The minimum absolute atomic E-state index is 0.495. The van der Waals surface area contributed by atoms with Crippen molar-refractivity contribution in [3.8, 4) is 0 Å². The van der Waals surface area contributed by atoms with Gasteiger partial charge in [-0.2, -0.15) is 0 Å². The van der Waals surface area contributed by atoms with E-state index in [1.807, 2.05) is 0 Å². The highest BCUT2D eigenvalue weighted by atomic mass is 35.5. The molecule has 0 atom stereocenters. The van der Waals surface area contributed by atoms with Crippen LogP contribution in [0.25, 0.3) is 0 Å². The van der Waals surface area contributed by atoms with E-state index in [0.29, 0.717) is 10.8 Å². The molecule has 7 heteroatoms. The number of rotatable bonds is 0. The molecule has 1 aromatic rings. The lowest BCUT2D eigenvalue weighted by Gasteiger charge is -1.87. The molecule has 0 fully saturated rings. The highest BCUT2D eigenvalue weighted by Gasteiger charge is 1.83. The van der Waals surface area contributed by atoms with E-state index < -0.39 is 5.09 Å². The van der Waals surface area contributed by atoms with E-state index in [9.17, 15) is 0 Å². The Labute approximate surface area is 72.7 Å². The molecule has 0 spiro atoms. The molecule has 0 radical (unpaired) electrons. The molecule has 1 rings (SSSR count). The third-order valence-electron chi connectivity index (χ3n) is 0.750. The highest BCUT2D eigenvalue weighted by Crippen LogP contribution is 2.05. The lowest BCUT2D eigenvalue weighted by molar-refractivity contribution is -0.742. The van der Waals surface area contributed by atoms with Gasteiger partial charge >= 0.3 is 0 Å². The van der Waals surface area contributed by atoms with Crippen molar-refractivity contribution in [3.63, 3.8) is 0 Å². The van der Waals surface area contributed by atoms with Crippen molar-refractivity contribution in [2.45, 2.75) is 0 Å². The van der Waals surface area contributed by atoms with Crippen LogP contribution in [0, 0.1) is 10.1 Å². The summed E-state index contributed by atoms with van der Waals surface area (Å²) in [5.74, 6) is 0.495. The van der Waals surface area contributed by atoms with Crippen LogP contribution in [0.5, 0.6) is 0 Å². The molecule has 0 aliphatic heterocycles. The minimum Gasteiger partial charge on any atom is -0.384 e. The minimum atomic E-state index is -1.50. The smallest absolute Gasteiger partial charge is 0.291 e. The van der Waals surface area contributed by atoms with Crippen LogP contribution in [0.1, 0.15) is 0 Å². The number of hydrogen-bond donors (Lipinski definition) is 2. The van der Waals surface area contributed by atoms with Gasteiger partial charge in [-0.05, 0) is 12.1 Å². The van der Waals surface area contributed by atoms with Crippen LogP contribution in [0.3, 0.4) is 0 Å². The second-order valence-electron chi connectivity index (χ2n) is 1.64. The Morgan fingerprint density at radius 1 is 1.67 bits per heavy atom. The number of halogens is 1. The second-order valence-corrected chi connectivity index (χ2v) is 2.08. The van der Waals surface area contributed by atoms with Gasteiger partial charge in [0.15, 0.2) is 0 Å². The molecule has 1 heterocycles. The summed E-state index contributed by atoms with van der Waals surface area (Å²) in [6, 6.07) is 3.35. The first-order valence-corrected chi connectivity index (χ1v) is 3.10. The zero-order chi connectivity index (χ0) is 9.56. The van der Waals surface area contributed by atoms with Gasteiger partial charge < -0.3 is 10.9 Å². The van der Waals surface area contributed by atoms with Crippen LogP contribution in [-0.2, 0) is 0 Å². The van der Waals surface area contributed by atoms with Gasteiger partial charge in [-0.3, -0.25) is 0 Å². The molecule has 0 unspecified atom stereocenters.